The first-order valence-corrected chi connectivity index (χ1v) is 14.9. The Kier molecular flexibility index (Phi) is 6.54. The fraction of sp³-hybridized carbons (Fsp3) is 0.812. The third-order valence-corrected chi connectivity index (χ3v) is 12.7. The SMILES string of the molecule is CC1(C)CCC2(CNC(=O)C(F)(F)F)CCC3C(C(=O)CC4C5(C)C=C(C#N)C(=O)C(C)(C)C5CCC34C)C2C1. The number of alkyl halides is 3. The first kappa shape index (κ1) is 29.3. The van der Waals surface area contributed by atoms with Crippen molar-refractivity contribution in [1.82, 2.24) is 5.32 Å². The number of hydrogen-bond acceptors (Lipinski definition) is 4. The predicted octanol–water partition coefficient (Wildman–Crippen LogP) is 6.57. The molecule has 5 nitrogen and oxygen atoms in total. The lowest BCUT2D eigenvalue weighted by atomic mass is 9.35. The van der Waals surface area contributed by atoms with Crippen LogP contribution in [0, 0.1) is 68.0 Å². The van der Waals surface area contributed by atoms with Crippen LogP contribution in [-0.2, 0) is 14.4 Å². The van der Waals surface area contributed by atoms with Gasteiger partial charge in [-0.05, 0) is 90.3 Å². The van der Waals surface area contributed by atoms with Crippen molar-refractivity contribution >= 4 is 17.5 Å². The Morgan fingerprint density at radius 2 is 1.68 bits per heavy atom. The van der Waals surface area contributed by atoms with Crippen LogP contribution in [0.15, 0.2) is 11.6 Å². The molecule has 1 N–H and O–H groups in total. The molecule has 0 bridgehead atoms. The summed E-state index contributed by atoms with van der Waals surface area (Å²) in [6.07, 6.45) is 2.73. The molecule has 0 aromatic heterocycles. The number of nitrogens with one attached hydrogen (secondary N) is 1. The first-order chi connectivity index (χ1) is 18.3. The van der Waals surface area contributed by atoms with Crippen LogP contribution in [0.4, 0.5) is 13.2 Å². The fourth-order valence-corrected chi connectivity index (χ4v) is 10.7. The van der Waals surface area contributed by atoms with Crippen LogP contribution in [0.3, 0.4) is 0 Å². The highest BCUT2D eigenvalue weighted by molar-refractivity contribution is 6.04. The Labute approximate surface area is 235 Å². The number of hydrogen-bond donors (Lipinski definition) is 1. The number of carbonyl (C=O) groups is 3. The Hall–Kier alpha value is -2.17. The Bertz CT molecular complexity index is 1210. The van der Waals surface area contributed by atoms with Crippen LogP contribution >= 0.6 is 0 Å². The molecular weight excluding hydrogens is 517 g/mol. The average Bonchev–Trinajstić information content (AvgIpc) is 2.85. The Balaban J connectivity index is 1.53. The number of ketones is 2. The van der Waals surface area contributed by atoms with Gasteiger partial charge in [-0.25, -0.2) is 0 Å². The summed E-state index contributed by atoms with van der Waals surface area (Å²) in [7, 11) is 0. The second-order valence-electron chi connectivity index (χ2n) is 15.6. The number of halogens is 3. The van der Waals surface area contributed by atoms with Crippen molar-refractivity contribution in [2.75, 3.05) is 6.54 Å². The molecule has 8 atom stereocenters. The number of Topliss-reactive ketones (excluding diaryl/α,β-unsaturated/α-hetero) is 2. The summed E-state index contributed by atoms with van der Waals surface area (Å²) < 4.78 is 39.3. The van der Waals surface area contributed by atoms with E-state index in [2.05, 4.69) is 39.1 Å². The predicted molar refractivity (Wildman–Crippen MR) is 143 cm³/mol. The summed E-state index contributed by atoms with van der Waals surface area (Å²) in [5.74, 6) is -2.10. The number of nitriles is 1. The van der Waals surface area contributed by atoms with E-state index in [9.17, 15) is 32.8 Å². The van der Waals surface area contributed by atoms with E-state index in [-0.39, 0.29) is 64.1 Å². The van der Waals surface area contributed by atoms with Crippen molar-refractivity contribution in [1.29, 1.82) is 5.26 Å². The Morgan fingerprint density at radius 1 is 1.00 bits per heavy atom. The molecule has 0 aromatic carbocycles. The van der Waals surface area contributed by atoms with Gasteiger partial charge in [0.15, 0.2) is 5.78 Å². The largest absolute Gasteiger partial charge is 0.471 e. The van der Waals surface area contributed by atoms with Gasteiger partial charge >= 0.3 is 12.1 Å². The number of fused-ring (bicyclic) bond motifs is 7. The van der Waals surface area contributed by atoms with Crippen LogP contribution in [0.25, 0.3) is 0 Å². The van der Waals surface area contributed by atoms with Gasteiger partial charge in [0.05, 0.1) is 5.57 Å². The van der Waals surface area contributed by atoms with Gasteiger partial charge in [-0.1, -0.05) is 47.6 Å². The van der Waals surface area contributed by atoms with Crippen molar-refractivity contribution in [3.05, 3.63) is 11.6 Å². The van der Waals surface area contributed by atoms with Crippen molar-refractivity contribution in [3.8, 4) is 6.07 Å². The minimum absolute atomic E-state index is 0.0164. The van der Waals surface area contributed by atoms with Crippen LogP contribution in [-0.4, -0.2) is 30.2 Å². The second-order valence-corrected chi connectivity index (χ2v) is 15.6. The molecule has 220 valence electrons. The summed E-state index contributed by atoms with van der Waals surface area (Å²) in [5, 5.41) is 12.0. The van der Waals surface area contributed by atoms with Crippen molar-refractivity contribution in [3.63, 3.8) is 0 Å². The average molecular weight is 561 g/mol. The van der Waals surface area contributed by atoms with E-state index in [4.69, 9.17) is 0 Å². The lowest BCUT2D eigenvalue weighted by molar-refractivity contribution is -0.191. The van der Waals surface area contributed by atoms with Crippen LogP contribution in [0.1, 0.15) is 92.9 Å². The van der Waals surface area contributed by atoms with E-state index < -0.39 is 28.3 Å². The van der Waals surface area contributed by atoms with E-state index in [1.807, 2.05) is 19.9 Å². The molecule has 0 aliphatic heterocycles. The highest BCUT2D eigenvalue weighted by Crippen LogP contribution is 2.71. The molecule has 8 heteroatoms. The van der Waals surface area contributed by atoms with Crippen molar-refractivity contribution in [2.24, 2.45) is 56.7 Å². The van der Waals surface area contributed by atoms with E-state index in [1.54, 1.807) is 0 Å². The Morgan fingerprint density at radius 3 is 2.30 bits per heavy atom. The van der Waals surface area contributed by atoms with Crippen LogP contribution < -0.4 is 5.32 Å². The van der Waals surface area contributed by atoms with Gasteiger partial charge in [0.25, 0.3) is 0 Å². The van der Waals surface area contributed by atoms with Crippen LogP contribution in [0.2, 0.25) is 0 Å². The smallest absolute Gasteiger partial charge is 0.348 e. The minimum atomic E-state index is -4.93. The molecule has 40 heavy (non-hydrogen) atoms. The second kappa shape index (κ2) is 8.91. The van der Waals surface area contributed by atoms with E-state index in [1.165, 1.54) is 0 Å². The minimum Gasteiger partial charge on any atom is -0.348 e. The van der Waals surface area contributed by atoms with Gasteiger partial charge in [-0.2, -0.15) is 18.4 Å². The van der Waals surface area contributed by atoms with Crippen LogP contribution in [0.5, 0.6) is 0 Å². The van der Waals surface area contributed by atoms with E-state index in [0.29, 0.717) is 19.3 Å². The third kappa shape index (κ3) is 4.11. The molecule has 5 aliphatic carbocycles. The quantitative estimate of drug-likeness (QED) is 0.414. The number of amides is 1. The normalized spacial score (nSPS) is 43.7. The van der Waals surface area contributed by atoms with E-state index in [0.717, 1.165) is 32.1 Å². The topological polar surface area (TPSA) is 87.0 Å². The highest BCUT2D eigenvalue weighted by atomic mass is 19.4. The number of rotatable bonds is 2. The molecule has 4 fully saturated rings. The summed E-state index contributed by atoms with van der Waals surface area (Å²) in [6.45, 7) is 12.6. The fourth-order valence-electron chi connectivity index (χ4n) is 10.7. The molecule has 0 saturated heterocycles. The maximum Gasteiger partial charge on any atom is 0.471 e. The maximum absolute atomic E-state index is 14.3. The van der Waals surface area contributed by atoms with Gasteiger partial charge in [-0.3, -0.25) is 14.4 Å². The molecule has 1 amide bonds. The first-order valence-electron chi connectivity index (χ1n) is 14.9. The summed E-state index contributed by atoms with van der Waals surface area (Å²) >= 11 is 0. The van der Waals surface area contributed by atoms with Gasteiger partial charge in [-0.15, -0.1) is 0 Å². The molecule has 0 radical (unpaired) electrons. The van der Waals surface area contributed by atoms with Gasteiger partial charge < -0.3 is 5.32 Å². The standard InChI is InChI=1S/C32H43F3N2O3/c1-27(2)11-12-31(17-37-26(40)32(33,34)35)10-7-19-24(20(31)15-27)21(38)13-23-29(19,5)9-8-22-28(3,4)25(39)18(16-36)14-30(22,23)6/h14,19-20,22-24H,7-13,15,17H2,1-6H3,(H,37,40). The highest BCUT2D eigenvalue weighted by Gasteiger charge is 2.68. The van der Waals surface area contributed by atoms with Gasteiger partial charge in [0, 0.05) is 24.3 Å². The molecular formula is C32H43F3N2O3. The number of nitrogens with zero attached hydrogens (tertiary/aromatic N) is 1. The van der Waals surface area contributed by atoms with E-state index >= 15 is 0 Å². The summed E-state index contributed by atoms with van der Waals surface area (Å²) in [5.41, 5.74) is -1.73. The zero-order valence-corrected chi connectivity index (χ0v) is 24.6. The number of allylic oxidation sites excluding steroid dienone is 2. The zero-order chi connectivity index (χ0) is 29.7. The van der Waals surface area contributed by atoms with Gasteiger partial charge in [0.1, 0.15) is 11.9 Å². The summed E-state index contributed by atoms with van der Waals surface area (Å²) in [6, 6.07) is 2.14. The number of carbonyl (C=O) groups excluding carboxylic acids is 3. The van der Waals surface area contributed by atoms with Gasteiger partial charge in [0.2, 0.25) is 0 Å². The maximum atomic E-state index is 14.3. The molecule has 0 heterocycles. The third-order valence-electron chi connectivity index (χ3n) is 12.7. The lowest BCUT2D eigenvalue weighted by Crippen LogP contribution is -2.65. The molecule has 5 rings (SSSR count). The van der Waals surface area contributed by atoms with Crippen molar-refractivity contribution < 1.29 is 27.6 Å². The lowest BCUT2D eigenvalue weighted by Gasteiger charge is -2.68. The zero-order valence-electron chi connectivity index (χ0n) is 24.6. The molecule has 8 unspecified atom stereocenters. The summed E-state index contributed by atoms with van der Waals surface area (Å²) in [4.78, 5) is 39.3. The van der Waals surface area contributed by atoms with Crippen molar-refractivity contribution in [2.45, 2.75) is 99.1 Å². The molecule has 0 aromatic rings. The molecule has 0 spiro atoms. The monoisotopic (exact) mass is 560 g/mol. The molecule has 5 aliphatic rings. The molecule has 4 saturated carbocycles.